The van der Waals surface area contributed by atoms with E-state index in [1.54, 1.807) is 30.3 Å². The molecule has 0 radical (unpaired) electrons. The third-order valence-corrected chi connectivity index (χ3v) is 4.61. The molecule has 0 saturated carbocycles. The lowest BCUT2D eigenvalue weighted by Gasteiger charge is -2.08. The third-order valence-electron chi connectivity index (χ3n) is 2.65. The minimum Gasteiger partial charge on any atom is -0.219 e. The van der Waals surface area contributed by atoms with Gasteiger partial charge in [0.25, 0.3) is 0 Å². The predicted octanol–water partition coefficient (Wildman–Crippen LogP) is 3.25. The highest BCUT2D eigenvalue weighted by Crippen LogP contribution is 2.26. The van der Waals surface area contributed by atoms with Crippen molar-refractivity contribution in [3.63, 3.8) is 0 Å². The van der Waals surface area contributed by atoms with Gasteiger partial charge in [-0.05, 0) is 31.1 Å². The van der Waals surface area contributed by atoms with Crippen molar-refractivity contribution in [1.82, 2.24) is 0 Å². The van der Waals surface area contributed by atoms with Gasteiger partial charge in [-0.3, -0.25) is 0 Å². The van der Waals surface area contributed by atoms with Gasteiger partial charge in [0.1, 0.15) is 0 Å². The molecular formula is C14H14O2S. The zero-order valence-electron chi connectivity index (χ0n) is 9.63. The Balaban J connectivity index is 2.51. The van der Waals surface area contributed by atoms with Crippen molar-refractivity contribution in [1.29, 1.82) is 0 Å². The zero-order valence-corrected chi connectivity index (χ0v) is 10.4. The monoisotopic (exact) mass is 246 g/mol. The number of hydrogen-bond acceptors (Lipinski definition) is 2. The molecule has 0 N–H and O–H groups in total. The number of hydrogen-bond donors (Lipinski definition) is 0. The maximum atomic E-state index is 12.4. The molecule has 1 aromatic rings. The van der Waals surface area contributed by atoms with Gasteiger partial charge in [-0.25, -0.2) is 8.42 Å². The second-order valence-corrected chi connectivity index (χ2v) is 5.82. The lowest BCUT2D eigenvalue weighted by atomic mass is 10.3. The first kappa shape index (κ1) is 11.9. The van der Waals surface area contributed by atoms with E-state index >= 15 is 0 Å². The highest BCUT2D eigenvalue weighted by Gasteiger charge is 2.21. The Hall–Kier alpha value is -1.61. The van der Waals surface area contributed by atoms with Crippen LogP contribution in [0, 0.1) is 0 Å². The van der Waals surface area contributed by atoms with E-state index in [1.165, 1.54) is 0 Å². The Bertz CT molecular complexity index is 590. The smallest absolute Gasteiger partial charge is 0.206 e. The van der Waals surface area contributed by atoms with Gasteiger partial charge in [0, 0.05) is 0 Å². The van der Waals surface area contributed by atoms with Crippen LogP contribution < -0.4 is 0 Å². The van der Waals surface area contributed by atoms with Crippen LogP contribution in [0.1, 0.15) is 13.3 Å². The van der Waals surface area contributed by atoms with E-state index in [0.717, 1.165) is 5.57 Å². The summed E-state index contributed by atoms with van der Waals surface area (Å²) in [5.74, 6) is 0. The van der Waals surface area contributed by atoms with Crippen molar-refractivity contribution in [2.24, 2.45) is 0 Å². The summed E-state index contributed by atoms with van der Waals surface area (Å²) in [6.07, 6.45) is 8.07. The van der Waals surface area contributed by atoms with E-state index in [-0.39, 0.29) is 0 Å². The van der Waals surface area contributed by atoms with Gasteiger partial charge >= 0.3 is 0 Å². The molecule has 17 heavy (non-hydrogen) atoms. The molecule has 0 saturated heterocycles. The molecule has 0 amide bonds. The fraction of sp³-hybridized carbons (Fsp3) is 0.143. The summed E-state index contributed by atoms with van der Waals surface area (Å²) < 4.78 is 24.8. The Labute approximate surface area is 102 Å². The largest absolute Gasteiger partial charge is 0.219 e. The first-order valence-electron chi connectivity index (χ1n) is 5.46. The molecule has 3 heteroatoms. The summed E-state index contributed by atoms with van der Waals surface area (Å²) in [6, 6.07) is 8.54. The number of rotatable bonds is 2. The molecule has 0 aromatic heterocycles. The minimum absolute atomic E-state index is 0.348. The van der Waals surface area contributed by atoms with Crippen LogP contribution in [0.5, 0.6) is 0 Å². The normalized spacial score (nSPS) is 16.1. The lowest BCUT2D eigenvalue weighted by molar-refractivity contribution is 0.602. The molecule has 0 unspecified atom stereocenters. The van der Waals surface area contributed by atoms with Gasteiger partial charge in [-0.15, -0.1) is 0 Å². The maximum absolute atomic E-state index is 12.4. The molecule has 0 fully saturated rings. The molecular weight excluding hydrogens is 232 g/mol. The predicted molar refractivity (Wildman–Crippen MR) is 69.2 cm³/mol. The minimum atomic E-state index is -3.38. The summed E-state index contributed by atoms with van der Waals surface area (Å²) >= 11 is 0. The third kappa shape index (κ3) is 2.39. The van der Waals surface area contributed by atoms with Crippen LogP contribution in [0.2, 0.25) is 0 Å². The number of allylic oxidation sites excluding steroid dienone is 5. The second kappa shape index (κ2) is 4.72. The molecule has 1 aliphatic carbocycles. The van der Waals surface area contributed by atoms with E-state index in [2.05, 4.69) is 0 Å². The highest BCUT2D eigenvalue weighted by atomic mass is 32.2. The van der Waals surface area contributed by atoms with Gasteiger partial charge in [0.05, 0.1) is 9.80 Å². The van der Waals surface area contributed by atoms with Crippen LogP contribution in [0.25, 0.3) is 0 Å². The Kier molecular flexibility index (Phi) is 3.29. The van der Waals surface area contributed by atoms with E-state index < -0.39 is 9.84 Å². The van der Waals surface area contributed by atoms with Gasteiger partial charge < -0.3 is 0 Å². The number of sulfone groups is 1. The molecule has 0 atom stereocenters. The SMILES string of the molecule is CC1=CC=CCC=C1S(=O)(=O)c1ccccc1. The molecule has 2 rings (SSSR count). The van der Waals surface area contributed by atoms with Crippen molar-refractivity contribution in [3.05, 3.63) is 65.1 Å². The van der Waals surface area contributed by atoms with Crippen LogP contribution in [-0.2, 0) is 9.84 Å². The van der Waals surface area contributed by atoms with Crippen molar-refractivity contribution < 1.29 is 8.42 Å². The van der Waals surface area contributed by atoms with Crippen molar-refractivity contribution in [2.75, 3.05) is 0 Å². The van der Waals surface area contributed by atoms with Crippen molar-refractivity contribution in [3.8, 4) is 0 Å². The first-order valence-corrected chi connectivity index (χ1v) is 6.95. The number of benzene rings is 1. The molecule has 0 spiro atoms. The maximum Gasteiger partial charge on any atom is 0.206 e. The van der Waals surface area contributed by atoms with Gasteiger partial charge in [-0.2, -0.15) is 0 Å². The standard InChI is InChI=1S/C14H14O2S/c1-12-8-4-2-7-11-14(12)17(15,16)13-9-5-3-6-10-13/h2-6,8-11H,7H2,1H3. The van der Waals surface area contributed by atoms with Gasteiger partial charge in [0.15, 0.2) is 0 Å². The van der Waals surface area contributed by atoms with Crippen LogP contribution >= 0.6 is 0 Å². The van der Waals surface area contributed by atoms with Gasteiger partial charge in [0.2, 0.25) is 9.84 Å². The summed E-state index contributed by atoms with van der Waals surface area (Å²) in [4.78, 5) is 0.759. The van der Waals surface area contributed by atoms with Crippen LogP contribution in [-0.4, -0.2) is 8.42 Å². The van der Waals surface area contributed by atoms with E-state index in [0.29, 0.717) is 16.2 Å². The molecule has 1 aliphatic rings. The van der Waals surface area contributed by atoms with Crippen molar-refractivity contribution >= 4 is 9.84 Å². The van der Waals surface area contributed by atoms with Crippen molar-refractivity contribution in [2.45, 2.75) is 18.2 Å². The van der Waals surface area contributed by atoms with E-state index in [4.69, 9.17) is 0 Å². The van der Waals surface area contributed by atoms with Crippen LogP contribution in [0.4, 0.5) is 0 Å². The quantitative estimate of drug-likeness (QED) is 0.802. The summed E-state index contributed by atoms with van der Waals surface area (Å²) in [5, 5.41) is 0. The first-order chi connectivity index (χ1) is 8.12. The summed E-state index contributed by atoms with van der Waals surface area (Å²) in [7, 11) is -3.38. The van der Waals surface area contributed by atoms with E-state index in [9.17, 15) is 8.42 Å². The Morgan fingerprint density at radius 3 is 2.53 bits per heavy atom. The lowest BCUT2D eigenvalue weighted by Crippen LogP contribution is -2.05. The summed E-state index contributed by atoms with van der Waals surface area (Å²) in [6.45, 7) is 1.82. The van der Waals surface area contributed by atoms with Crippen LogP contribution in [0.3, 0.4) is 0 Å². The topological polar surface area (TPSA) is 34.1 Å². The fourth-order valence-electron chi connectivity index (χ4n) is 1.76. The van der Waals surface area contributed by atoms with Gasteiger partial charge in [-0.1, -0.05) is 42.5 Å². The average Bonchev–Trinajstić information content (AvgIpc) is 2.55. The molecule has 0 bridgehead atoms. The average molecular weight is 246 g/mol. The second-order valence-electron chi connectivity index (χ2n) is 3.90. The zero-order chi connectivity index (χ0) is 12.3. The molecule has 1 aromatic carbocycles. The molecule has 2 nitrogen and oxygen atoms in total. The summed E-state index contributed by atoms with van der Waals surface area (Å²) in [5.41, 5.74) is 0.780. The Morgan fingerprint density at radius 1 is 1.12 bits per heavy atom. The highest BCUT2D eigenvalue weighted by molar-refractivity contribution is 7.95. The van der Waals surface area contributed by atoms with Crippen LogP contribution in [0.15, 0.2) is 70.0 Å². The van der Waals surface area contributed by atoms with E-state index in [1.807, 2.05) is 31.2 Å². The molecule has 0 aliphatic heterocycles. The molecule has 88 valence electrons. The molecule has 0 heterocycles. The fourth-order valence-corrected chi connectivity index (χ4v) is 3.33. The Morgan fingerprint density at radius 2 is 1.82 bits per heavy atom.